The van der Waals surface area contributed by atoms with Crippen molar-refractivity contribution >= 4 is 11.3 Å². The SMILES string of the molecule is CNC(CC(C)(C)C)c1nc2c(s1)CCC2. The summed E-state index contributed by atoms with van der Waals surface area (Å²) in [5, 5.41) is 4.71. The Bertz CT molecular complexity index is 341. The highest BCUT2D eigenvalue weighted by Gasteiger charge is 2.24. The van der Waals surface area contributed by atoms with Crippen molar-refractivity contribution in [2.24, 2.45) is 5.41 Å². The zero-order valence-corrected chi connectivity index (χ0v) is 11.6. The predicted octanol–water partition coefficient (Wildman–Crippen LogP) is 3.33. The Morgan fingerprint density at radius 2 is 2.12 bits per heavy atom. The average molecular weight is 238 g/mol. The van der Waals surface area contributed by atoms with E-state index in [9.17, 15) is 0 Å². The lowest BCUT2D eigenvalue weighted by Crippen LogP contribution is -2.22. The highest BCUT2D eigenvalue weighted by molar-refractivity contribution is 7.11. The normalized spacial score (nSPS) is 17.5. The lowest BCUT2D eigenvalue weighted by Gasteiger charge is -2.24. The molecule has 0 bridgehead atoms. The minimum absolute atomic E-state index is 0.351. The fourth-order valence-corrected chi connectivity index (χ4v) is 3.55. The van der Waals surface area contributed by atoms with Crippen LogP contribution in [0.25, 0.3) is 0 Å². The van der Waals surface area contributed by atoms with Crippen LogP contribution in [0.1, 0.15) is 55.2 Å². The van der Waals surface area contributed by atoms with Crippen LogP contribution in [0.15, 0.2) is 0 Å². The highest BCUT2D eigenvalue weighted by Crippen LogP contribution is 2.35. The van der Waals surface area contributed by atoms with Crippen molar-refractivity contribution in [2.45, 2.75) is 52.5 Å². The second-order valence-corrected chi connectivity index (χ2v) is 7.00. The predicted molar refractivity (Wildman–Crippen MR) is 70.0 cm³/mol. The van der Waals surface area contributed by atoms with E-state index in [1.807, 2.05) is 18.4 Å². The smallest absolute Gasteiger partial charge is 0.110 e. The molecule has 0 radical (unpaired) electrons. The van der Waals surface area contributed by atoms with Crippen LogP contribution in [0.3, 0.4) is 0 Å². The fourth-order valence-electron chi connectivity index (χ4n) is 2.28. The molecule has 2 rings (SSSR count). The molecule has 1 atom stereocenters. The Labute approximate surface area is 102 Å². The first kappa shape index (κ1) is 12.1. The van der Waals surface area contributed by atoms with Gasteiger partial charge in [0.1, 0.15) is 5.01 Å². The minimum Gasteiger partial charge on any atom is -0.311 e. The molecule has 0 saturated heterocycles. The van der Waals surface area contributed by atoms with E-state index in [2.05, 4.69) is 26.1 Å². The van der Waals surface area contributed by atoms with E-state index in [1.54, 1.807) is 0 Å². The van der Waals surface area contributed by atoms with Gasteiger partial charge in [-0.15, -0.1) is 11.3 Å². The molecule has 0 fully saturated rings. The maximum Gasteiger partial charge on any atom is 0.110 e. The standard InChI is InChI=1S/C13H22N2S/c1-13(2,3)8-10(14-4)12-15-9-6-5-7-11(9)16-12/h10,14H,5-8H2,1-4H3. The van der Waals surface area contributed by atoms with Crippen LogP contribution < -0.4 is 5.32 Å². The molecule has 16 heavy (non-hydrogen) atoms. The molecule has 3 heteroatoms. The monoisotopic (exact) mass is 238 g/mol. The second-order valence-electron chi connectivity index (χ2n) is 5.88. The van der Waals surface area contributed by atoms with E-state index in [1.165, 1.54) is 34.8 Å². The highest BCUT2D eigenvalue weighted by atomic mass is 32.1. The van der Waals surface area contributed by atoms with Gasteiger partial charge in [-0.25, -0.2) is 4.98 Å². The van der Waals surface area contributed by atoms with Crippen molar-refractivity contribution in [3.63, 3.8) is 0 Å². The third-order valence-electron chi connectivity index (χ3n) is 3.08. The topological polar surface area (TPSA) is 24.9 Å². The summed E-state index contributed by atoms with van der Waals surface area (Å²) < 4.78 is 0. The lowest BCUT2D eigenvalue weighted by molar-refractivity contribution is 0.320. The zero-order chi connectivity index (χ0) is 11.8. The summed E-state index contributed by atoms with van der Waals surface area (Å²) in [5.74, 6) is 0. The van der Waals surface area contributed by atoms with Gasteiger partial charge in [0.2, 0.25) is 0 Å². The van der Waals surface area contributed by atoms with Crippen LogP contribution in [0.4, 0.5) is 0 Å². The molecule has 1 heterocycles. The second kappa shape index (κ2) is 4.46. The number of fused-ring (bicyclic) bond motifs is 1. The molecule has 0 aromatic carbocycles. The van der Waals surface area contributed by atoms with Gasteiger partial charge in [0, 0.05) is 4.88 Å². The number of hydrogen-bond donors (Lipinski definition) is 1. The van der Waals surface area contributed by atoms with Crippen molar-refractivity contribution in [3.8, 4) is 0 Å². The number of nitrogens with zero attached hydrogens (tertiary/aromatic N) is 1. The van der Waals surface area contributed by atoms with Crippen molar-refractivity contribution in [1.82, 2.24) is 10.3 Å². The van der Waals surface area contributed by atoms with Crippen LogP contribution in [0.2, 0.25) is 0 Å². The number of rotatable bonds is 3. The molecule has 1 aliphatic rings. The van der Waals surface area contributed by atoms with Gasteiger partial charge in [-0.05, 0) is 38.1 Å². The van der Waals surface area contributed by atoms with E-state index >= 15 is 0 Å². The minimum atomic E-state index is 0.351. The lowest BCUT2D eigenvalue weighted by atomic mass is 9.88. The van der Waals surface area contributed by atoms with Crippen LogP contribution >= 0.6 is 11.3 Å². The van der Waals surface area contributed by atoms with E-state index in [0.717, 1.165) is 6.42 Å². The van der Waals surface area contributed by atoms with Crippen molar-refractivity contribution < 1.29 is 0 Å². The van der Waals surface area contributed by atoms with Gasteiger partial charge in [0.05, 0.1) is 11.7 Å². The molecule has 1 N–H and O–H groups in total. The maximum atomic E-state index is 4.80. The summed E-state index contributed by atoms with van der Waals surface area (Å²) >= 11 is 1.92. The van der Waals surface area contributed by atoms with Gasteiger partial charge in [0.25, 0.3) is 0 Å². The van der Waals surface area contributed by atoms with E-state index in [0.29, 0.717) is 11.5 Å². The van der Waals surface area contributed by atoms with Crippen molar-refractivity contribution in [1.29, 1.82) is 0 Å². The Morgan fingerprint density at radius 1 is 1.38 bits per heavy atom. The number of nitrogens with one attached hydrogen (secondary N) is 1. The maximum absolute atomic E-state index is 4.80. The average Bonchev–Trinajstić information content (AvgIpc) is 2.71. The molecule has 0 saturated carbocycles. The van der Waals surface area contributed by atoms with Gasteiger partial charge in [-0.1, -0.05) is 20.8 Å². The first-order valence-corrected chi connectivity index (χ1v) is 6.97. The Hall–Kier alpha value is -0.410. The van der Waals surface area contributed by atoms with Gasteiger partial charge < -0.3 is 5.32 Å². The first-order valence-electron chi connectivity index (χ1n) is 6.15. The van der Waals surface area contributed by atoms with Gasteiger partial charge in [0.15, 0.2) is 0 Å². The molecular weight excluding hydrogens is 216 g/mol. The Kier molecular flexibility index (Phi) is 3.36. The van der Waals surface area contributed by atoms with Crippen LogP contribution in [-0.2, 0) is 12.8 Å². The first-order chi connectivity index (χ1) is 7.49. The molecule has 1 aliphatic carbocycles. The summed E-state index contributed by atoms with van der Waals surface area (Å²) in [5.41, 5.74) is 1.72. The number of hydrogen-bond acceptors (Lipinski definition) is 3. The molecule has 0 aliphatic heterocycles. The van der Waals surface area contributed by atoms with Gasteiger partial charge >= 0.3 is 0 Å². The third-order valence-corrected chi connectivity index (χ3v) is 4.35. The molecule has 90 valence electrons. The van der Waals surface area contributed by atoms with Crippen LogP contribution in [-0.4, -0.2) is 12.0 Å². The molecule has 1 aromatic heterocycles. The summed E-state index contributed by atoms with van der Waals surface area (Å²) in [7, 11) is 2.04. The van der Waals surface area contributed by atoms with E-state index in [-0.39, 0.29) is 0 Å². The van der Waals surface area contributed by atoms with Gasteiger partial charge in [-0.2, -0.15) is 0 Å². The summed E-state index contributed by atoms with van der Waals surface area (Å²) in [6.45, 7) is 6.87. The number of aromatic nitrogens is 1. The number of aryl methyl sites for hydroxylation is 2. The summed E-state index contributed by atoms with van der Waals surface area (Å²) in [4.78, 5) is 6.33. The van der Waals surface area contributed by atoms with Crippen molar-refractivity contribution in [3.05, 3.63) is 15.6 Å². The fraction of sp³-hybridized carbons (Fsp3) is 0.769. The quantitative estimate of drug-likeness (QED) is 0.873. The van der Waals surface area contributed by atoms with E-state index < -0.39 is 0 Å². The number of thiazole rings is 1. The van der Waals surface area contributed by atoms with Gasteiger partial charge in [-0.3, -0.25) is 0 Å². The summed E-state index contributed by atoms with van der Waals surface area (Å²) in [6.07, 6.45) is 4.89. The molecule has 0 amide bonds. The molecule has 1 aromatic rings. The molecule has 2 nitrogen and oxygen atoms in total. The molecular formula is C13H22N2S. The van der Waals surface area contributed by atoms with E-state index in [4.69, 9.17) is 4.98 Å². The van der Waals surface area contributed by atoms with Crippen LogP contribution in [0.5, 0.6) is 0 Å². The Morgan fingerprint density at radius 3 is 2.69 bits per heavy atom. The largest absolute Gasteiger partial charge is 0.311 e. The molecule has 1 unspecified atom stereocenters. The Balaban J connectivity index is 2.14. The zero-order valence-electron chi connectivity index (χ0n) is 10.8. The summed E-state index contributed by atoms with van der Waals surface area (Å²) in [6, 6.07) is 0.426. The third kappa shape index (κ3) is 2.64. The van der Waals surface area contributed by atoms with Crippen molar-refractivity contribution in [2.75, 3.05) is 7.05 Å². The van der Waals surface area contributed by atoms with Crippen LogP contribution in [0, 0.1) is 5.41 Å². The molecule has 0 spiro atoms.